The Morgan fingerprint density at radius 2 is 2.35 bits per heavy atom. The van der Waals surface area contributed by atoms with Gasteiger partial charge in [-0.2, -0.15) is 0 Å². The summed E-state index contributed by atoms with van der Waals surface area (Å²) in [5.74, 6) is 6.32. The molecule has 1 fully saturated rings. The minimum absolute atomic E-state index is 0.248. The van der Waals surface area contributed by atoms with Crippen molar-refractivity contribution >= 4 is 5.96 Å². The fourth-order valence-corrected chi connectivity index (χ4v) is 2.01. The lowest BCUT2D eigenvalue weighted by Gasteiger charge is -2.34. The van der Waals surface area contributed by atoms with Crippen molar-refractivity contribution in [2.45, 2.75) is 52.2 Å². The van der Waals surface area contributed by atoms with Gasteiger partial charge in [0.2, 0.25) is 5.96 Å². The second kappa shape index (κ2) is 7.50. The molecule has 1 heterocycles. The van der Waals surface area contributed by atoms with E-state index in [1.807, 2.05) is 13.8 Å². The summed E-state index contributed by atoms with van der Waals surface area (Å²) < 4.78 is 5.80. The Bertz CT molecular complexity index is 243. The zero-order valence-corrected chi connectivity index (χ0v) is 11.3. The van der Waals surface area contributed by atoms with Gasteiger partial charge in [-0.15, -0.1) is 0 Å². The summed E-state index contributed by atoms with van der Waals surface area (Å²) in [6.07, 6.45) is 3.65. The highest BCUT2D eigenvalue weighted by Crippen LogP contribution is 2.13. The Kier molecular flexibility index (Phi) is 6.29. The first-order chi connectivity index (χ1) is 8.17. The van der Waals surface area contributed by atoms with Gasteiger partial charge < -0.3 is 9.64 Å². The van der Waals surface area contributed by atoms with Crippen molar-refractivity contribution in [1.82, 2.24) is 10.3 Å². The molecule has 100 valence electrons. The molecule has 3 N–H and O–H groups in total. The van der Waals surface area contributed by atoms with Crippen LogP contribution in [0.25, 0.3) is 0 Å². The molecule has 1 saturated heterocycles. The SMILES string of the molecule is CCCOC1CCCN(C(=NC(C)C)NN)C1. The average Bonchev–Trinajstić information content (AvgIpc) is 2.33. The number of ether oxygens (including phenoxy) is 1. The van der Waals surface area contributed by atoms with Crippen LogP contribution >= 0.6 is 0 Å². The molecular weight excluding hydrogens is 216 g/mol. The molecule has 0 aliphatic carbocycles. The summed E-state index contributed by atoms with van der Waals surface area (Å²) in [5, 5.41) is 0. The Balaban J connectivity index is 2.52. The number of likely N-dealkylation sites (tertiary alicyclic amines) is 1. The number of hydrazine groups is 1. The first-order valence-electron chi connectivity index (χ1n) is 6.58. The minimum atomic E-state index is 0.248. The summed E-state index contributed by atoms with van der Waals surface area (Å²) in [6.45, 7) is 8.95. The highest BCUT2D eigenvalue weighted by atomic mass is 16.5. The number of hydrogen-bond acceptors (Lipinski definition) is 3. The average molecular weight is 242 g/mol. The molecule has 1 atom stereocenters. The minimum Gasteiger partial charge on any atom is -0.376 e. The van der Waals surface area contributed by atoms with Gasteiger partial charge in [-0.05, 0) is 33.1 Å². The van der Waals surface area contributed by atoms with Crippen molar-refractivity contribution in [3.63, 3.8) is 0 Å². The van der Waals surface area contributed by atoms with Gasteiger partial charge in [-0.3, -0.25) is 5.43 Å². The highest BCUT2D eigenvalue weighted by molar-refractivity contribution is 5.79. The van der Waals surface area contributed by atoms with Crippen molar-refractivity contribution in [1.29, 1.82) is 0 Å². The molecule has 1 rings (SSSR count). The maximum Gasteiger partial charge on any atom is 0.208 e. The van der Waals surface area contributed by atoms with Crippen molar-refractivity contribution in [3.05, 3.63) is 0 Å². The topological polar surface area (TPSA) is 62.9 Å². The fourth-order valence-electron chi connectivity index (χ4n) is 2.01. The third-order valence-corrected chi connectivity index (χ3v) is 2.74. The molecule has 0 radical (unpaired) electrons. The number of aliphatic imine (C=N–C) groups is 1. The predicted molar refractivity (Wildman–Crippen MR) is 70.7 cm³/mol. The molecule has 5 nitrogen and oxygen atoms in total. The molecule has 0 spiro atoms. The Labute approximate surface area is 104 Å². The lowest BCUT2D eigenvalue weighted by atomic mass is 10.1. The van der Waals surface area contributed by atoms with Crippen LogP contribution < -0.4 is 11.3 Å². The number of hydrogen-bond donors (Lipinski definition) is 2. The first kappa shape index (κ1) is 14.3. The van der Waals surface area contributed by atoms with Gasteiger partial charge >= 0.3 is 0 Å². The maximum absolute atomic E-state index is 5.80. The van der Waals surface area contributed by atoms with E-state index in [2.05, 4.69) is 22.2 Å². The van der Waals surface area contributed by atoms with E-state index < -0.39 is 0 Å². The zero-order chi connectivity index (χ0) is 12.7. The van der Waals surface area contributed by atoms with Crippen molar-refractivity contribution < 1.29 is 4.74 Å². The van der Waals surface area contributed by atoms with E-state index in [4.69, 9.17) is 10.6 Å². The van der Waals surface area contributed by atoms with E-state index in [1.165, 1.54) is 0 Å². The van der Waals surface area contributed by atoms with E-state index in [0.29, 0.717) is 6.10 Å². The molecule has 0 aromatic heterocycles. The number of nitrogens with two attached hydrogens (primary N) is 1. The predicted octanol–water partition coefficient (Wildman–Crippen LogP) is 1.11. The van der Waals surface area contributed by atoms with Gasteiger partial charge in [0, 0.05) is 25.7 Å². The standard InChI is InChI=1S/C12H26N4O/c1-4-8-17-11-6-5-7-16(9-11)12(15-13)14-10(2)3/h10-11H,4-9,13H2,1-3H3,(H,14,15). The number of rotatable bonds is 4. The number of piperidine rings is 1. The second-order valence-corrected chi connectivity index (χ2v) is 4.77. The Morgan fingerprint density at radius 3 is 2.94 bits per heavy atom. The molecule has 1 aliphatic heterocycles. The largest absolute Gasteiger partial charge is 0.376 e. The summed E-state index contributed by atoms with van der Waals surface area (Å²) in [7, 11) is 0. The first-order valence-corrected chi connectivity index (χ1v) is 6.58. The number of nitrogens with zero attached hydrogens (tertiary/aromatic N) is 2. The molecule has 1 aliphatic rings. The van der Waals surface area contributed by atoms with Gasteiger partial charge in [0.25, 0.3) is 0 Å². The molecule has 17 heavy (non-hydrogen) atoms. The van der Waals surface area contributed by atoms with E-state index in [9.17, 15) is 0 Å². The molecule has 5 heteroatoms. The number of nitrogens with one attached hydrogen (secondary N) is 1. The maximum atomic E-state index is 5.80. The summed E-state index contributed by atoms with van der Waals surface area (Å²) >= 11 is 0. The number of guanidine groups is 1. The molecule has 1 unspecified atom stereocenters. The van der Waals surface area contributed by atoms with Crippen molar-refractivity contribution in [2.75, 3.05) is 19.7 Å². The van der Waals surface area contributed by atoms with E-state index in [1.54, 1.807) is 0 Å². The van der Waals surface area contributed by atoms with Crippen molar-refractivity contribution in [3.8, 4) is 0 Å². The molecule has 0 bridgehead atoms. The van der Waals surface area contributed by atoms with E-state index in [0.717, 1.165) is 44.9 Å². The zero-order valence-electron chi connectivity index (χ0n) is 11.3. The van der Waals surface area contributed by atoms with Crippen LogP contribution in [-0.4, -0.2) is 42.7 Å². The van der Waals surface area contributed by atoms with Crippen LogP contribution in [0.4, 0.5) is 0 Å². The molecule has 0 saturated carbocycles. The van der Waals surface area contributed by atoms with Crippen molar-refractivity contribution in [2.24, 2.45) is 10.8 Å². The smallest absolute Gasteiger partial charge is 0.208 e. The Hall–Kier alpha value is -0.810. The van der Waals surface area contributed by atoms with Crippen LogP contribution in [0.15, 0.2) is 4.99 Å². The summed E-state index contributed by atoms with van der Waals surface area (Å²) in [4.78, 5) is 6.67. The lowest BCUT2D eigenvalue weighted by Crippen LogP contribution is -2.51. The normalized spacial score (nSPS) is 22.1. The molecule has 0 amide bonds. The van der Waals surface area contributed by atoms with Crippen LogP contribution in [0.1, 0.15) is 40.0 Å². The molecule has 0 aromatic rings. The van der Waals surface area contributed by atoms with Gasteiger partial charge in [0.15, 0.2) is 0 Å². The van der Waals surface area contributed by atoms with Gasteiger partial charge in [-0.25, -0.2) is 10.8 Å². The highest BCUT2D eigenvalue weighted by Gasteiger charge is 2.22. The summed E-state index contributed by atoms with van der Waals surface area (Å²) in [6, 6.07) is 0.248. The van der Waals surface area contributed by atoms with E-state index >= 15 is 0 Å². The fraction of sp³-hybridized carbons (Fsp3) is 0.917. The Morgan fingerprint density at radius 1 is 1.59 bits per heavy atom. The van der Waals surface area contributed by atoms with Gasteiger partial charge in [0.05, 0.1) is 6.10 Å². The lowest BCUT2D eigenvalue weighted by molar-refractivity contribution is 0.0157. The quantitative estimate of drug-likeness (QED) is 0.335. The second-order valence-electron chi connectivity index (χ2n) is 4.77. The van der Waals surface area contributed by atoms with Crippen LogP contribution in [0.3, 0.4) is 0 Å². The van der Waals surface area contributed by atoms with Gasteiger partial charge in [-0.1, -0.05) is 6.92 Å². The van der Waals surface area contributed by atoms with Gasteiger partial charge in [0.1, 0.15) is 0 Å². The van der Waals surface area contributed by atoms with Crippen LogP contribution in [0.5, 0.6) is 0 Å². The summed E-state index contributed by atoms with van der Waals surface area (Å²) in [5.41, 5.74) is 2.70. The van der Waals surface area contributed by atoms with Crippen LogP contribution in [-0.2, 0) is 4.74 Å². The van der Waals surface area contributed by atoms with E-state index in [-0.39, 0.29) is 6.04 Å². The molecule has 0 aromatic carbocycles. The van der Waals surface area contributed by atoms with Crippen LogP contribution in [0.2, 0.25) is 0 Å². The molecular formula is C12H26N4O. The third kappa shape index (κ3) is 4.91. The monoisotopic (exact) mass is 242 g/mol. The van der Waals surface area contributed by atoms with Crippen LogP contribution in [0, 0.1) is 0 Å². The third-order valence-electron chi connectivity index (χ3n) is 2.74.